The lowest BCUT2D eigenvalue weighted by Crippen LogP contribution is -2.46. The van der Waals surface area contributed by atoms with Crippen molar-refractivity contribution in [2.24, 2.45) is 16.8 Å². The van der Waals surface area contributed by atoms with E-state index in [0.29, 0.717) is 39.5 Å². The number of aliphatic imine (C=N–C) groups is 1. The van der Waals surface area contributed by atoms with Crippen molar-refractivity contribution in [3.8, 4) is 0 Å². The Morgan fingerprint density at radius 2 is 1.85 bits per heavy atom. The maximum Gasteiger partial charge on any atom is 0.252 e. The van der Waals surface area contributed by atoms with Crippen LogP contribution in [0.4, 0.5) is 5.69 Å². The highest BCUT2D eigenvalue weighted by Crippen LogP contribution is 2.34. The molecule has 1 aliphatic rings. The molecule has 176 valence electrons. The fraction of sp³-hybridized carbons (Fsp3) is 0.423. The number of halogens is 2. The maximum absolute atomic E-state index is 13.7. The Balaban J connectivity index is 2.10. The zero-order valence-corrected chi connectivity index (χ0v) is 21.1. The second kappa shape index (κ2) is 11.2. The minimum Gasteiger partial charge on any atom is -0.355 e. The number of nitrogens with one attached hydrogen (secondary N) is 1. The lowest BCUT2D eigenvalue weighted by atomic mass is 9.97. The van der Waals surface area contributed by atoms with Gasteiger partial charge in [0.25, 0.3) is 5.91 Å². The Morgan fingerprint density at radius 1 is 1.12 bits per heavy atom. The number of amides is 2. The molecule has 2 amide bonds. The number of benzene rings is 2. The molecule has 0 unspecified atom stereocenters. The van der Waals surface area contributed by atoms with E-state index in [1.807, 2.05) is 32.0 Å². The fourth-order valence-corrected chi connectivity index (χ4v) is 4.20. The van der Waals surface area contributed by atoms with Crippen LogP contribution in [0, 0.1) is 11.8 Å². The van der Waals surface area contributed by atoms with Gasteiger partial charge in [0, 0.05) is 27.7 Å². The van der Waals surface area contributed by atoms with Crippen molar-refractivity contribution in [3.05, 3.63) is 63.6 Å². The second-order valence-electron chi connectivity index (χ2n) is 8.91. The average Bonchev–Trinajstić information content (AvgIpc) is 2.88. The van der Waals surface area contributed by atoms with Crippen molar-refractivity contribution in [3.63, 3.8) is 0 Å². The van der Waals surface area contributed by atoms with Crippen molar-refractivity contribution < 1.29 is 9.59 Å². The molecule has 0 fully saturated rings. The molecule has 0 saturated carbocycles. The molecule has 0 aliphatic carbocycles. The minimum absolute atomic E-state index is 0.0220. The van der Waals surface area contributed by atoms with Gasteiger partial charge in [0.1, 0.15) is 12.6 Å². The van der Waals surface area contributed by atoms with E-state index in [-0.39, 0.29) is 24.3 Å². The standard InChI is InChI=1S/C26H31Cl2N3O2/c1-5-17(4)24-26(33)31(15-23(32)29-13-12-16(2)3)22-11-10-18(27)14-20(22)25(30-24)19-8-6-7-9-21(19)28/h6-11,14,16-17,24H,5,12-13,15H2,1-4H3,(H,29,32)/t17-,24-/m0/s1. The van der Waals surface area contributed by atoms with Crippen molar-refractivity contribution in [1.82, 2.24) is 5.32 Å². The number of nitrogens with zero attached hydrogens (tertiary/aromatic N) is 2. The summed E-state index contributed by atoms with van der Waals surface area (Å²) in [6, 6.07) is 12.1. The topological polar surface area (TPSA) is 61.8 Å². The van der Waals surface area contributed by atoms with Crippen LogP contribution >= 0.6 is 23.2 Å². The first kappa shape index (κ1) is 25.3. The molecular weight excluding hydrogens is 457 g/mol. The number of carbonyl (C=O) groups excluding carboxylic acids is 2. The number of carbonyl (C=O) groups is 2. The molecule has 2 aromatic carbocycles. The molecule has 0 spiro atoms. The fourth-order valence-electron chi connectivity index (χ4n) is 3.80. The summed E-state index contributed by atoms with van der Waals surface area (Å²) in [6.45, 7) is 8.73. The SMILES string of the molecule is CC[C@H](C)[C@@H]1N=C(c2ccccc2Cl)c2cc(Cl)ccc2N(CC(=O)NCCC(C)C)C1=O. The third kappa shape index (κ3) is 5.96. The highest BCUT2D eigenvalue weighted by Gasteiger charge is 2.36. The highest BCUT2D eigenvalue weighted by atomic mass is 35.5. The summed E-state index contributed by atoms with van der Waals surface area (Å²) < 4.78 is 0. The van der Waals surface area contributed by atoms with Crippen molar-refractivity contribution in [2.75, 3.05) is 18.0 Å². The third-order valence-corrected chi connectivity index (χ3v) is 6.51. The van der Waals surface area contributed by atoms with E-state index in [1.54, 1.807) is 29.2 Å². The normalized spacial score (nSPS) is 16.8. The zero-order valence-electron chi connectivity index (χ0n) is 19.6. The Labute approximate surface area is 206 Å². The second-order valence-corrected chi connectivity index (χ2v) is 9.75. The summed E-state index contributed by atoms with van der Waals surface area (Å²) in [7, 11) is 0. The maximum atomic E-state index is 13.7. The van der Waals surface area contributed by atoms with Gasteiger partial charge in [-0.2, -0.15) is 0 Å². The largest absolute Gasteiger partial charge is 0.355 e. The predicted molar refractivity (Wildman–Crippen MR) is 137 cm³/mol. The van der Waals surface area contributed by atoms with E-state index in [9.17, 15) is 9.59 Å². The number of anilines is 1. The zero-order chi connectivity index (χ0) is 24.1. The molecule has 5 nitrogen and oxygen atoms in total. The molecular formula is C26H31Cl2N3O2. The summed E-state index contributed by atoms with van der Waals surface area (Å²) in [5, 5.41) is 3.99. The van der Waals surface area contributed by atoms with E-state index < -0.39 is 6.04 Å². The average molecular weight is 488 g/mol. The number of hydrogen-bond acceptors (Lipinski definition) is 3. The van der Waals surface area contributed by atoms with Crippen LogP contribution < -0.4 is 10.2 Å². The number of hydrogen-bond donors (Lipinski definition) is 1. The van der Waals surface area contributed by atoms with Crippen LogP contribution in [0.15, 0.2) is 47.5 Å². The molecule has 1 N–H and O–H groups in total. The van der Waals surface area contributed by atoms with Crippen LogP contribution in [0.5, 0.6) is 0 Å². The summed E-state index contributed by atoms with van der Waals surface area (Å²) in [5.74, 6) is 0.0589. The molecule has 0 bridgehead atoms. The quantitative estimate of drug-likeness (QED) is 0.514. The van der Waals surface area contributed by atoms with E-state index in [0.717, 1.165) is 18.4 Å². The van der Waals surface area contributed by atoms with Gasteiger partial charge in [-0.25, -0.2) is 0 Å². The van der Waals surface area contributed by atoms with Gasteiger partial charge in [0.2, 0.25) is 5.91 Å². The van der Waals surface area contributed by atoms with E-state index in [4.69, 9.17) is 28.2 Å². The summed E-state index contributed by atoms with van der Waals surface area (Å²) in [4.78, 5) is 33.0. The van der Waals surface area contributed by atoms with Gasteiger partial charge in [-0.3, -0.25) is 14.6 Å². The Morgan fingerprint density at radius 3 is 2.52 bits per heavy atom. The van der Waals surface area contributed by atoms with Crippen LogP contribution in [0.3, 0.4) is 0 Å². The highest BCUT2D eigenvalue weighted by molar-refractivity contribution is 6.37. The molecule has 1 aliphatic heterocycles. The summed E-state index contributed by atoms with van der Waals surface area (Å²) in [5.41, 5.74) is 2.63. The number of fused-ring (bicyclic) bond motifs is 1. The van der Waals surface area contributed by atoms with E-state index >= 15 is 0 Å². The molecule has 33 heavy (non-hydrogen) atoms. The summed E-state index contributed by atoms with van der Waals surface area (Å²) in [6.07, 6.45) is 1.64. The molecule has 7 heteroatoms. The first-order valence-electron chi connectivity index (χ1n) is 11.4. The Kier molecular flexibility index (Phi) is 8.55. The van der Waals surface area contributed by atoms with Gasteiger partial charge in [-0.1, -0.05) is 75.5 Å². The van der Waals surface area contributed by atoms with Gasteiger partial charge in [-0.05, 0) is 42.5 Å². The van der Waals surface area contributed by atoms with Crippen molar-refractivity contribution in [1.29, 1.82) is 0 Å². The smallest absolute Gasteiger partial charge is 0.252 e. The van der Waals surface area contributed by atoms with Gasteiger partial charge in [0.05, 0.1) is 11.4 Å². The Bertz CT molecular complexity index is 1050. The number of rotatable bonds is 8. The van der Waals surface area contributed by atoms with E-state index in [1.165, 1.54) is 0 Å². The molecule has 2 aromatic rings. The van der Waals surface area contributed by atoms with Gasteiger partial charge < -0.3 is 10.2 Å². The molecule has 0 aromatic heterocycles. The molecule has 2 atom stereocenters. The molecule has 3 rings (SSSR count). The van der Waals surface area contributed by atoms with Crippen molar-refractivity contribution in [2.45, 2.75) is 46.6 Å². The lowest BCUT2D eigenvalue weighted by Gasteiger charge is -2.26. The van der Waals surface area contributed by atoms with E-state index in [2.05, 4.69) is 19.2 Å². The van der Waals surface area contributed by atoms with Crippen LogP contribution in [0.25, 0.3) is 0 Å². The van der Waals surface area contributed by atoms with Crippen molar-refractivity contribution >= 4 is 46.4 Å². The van der Waals surface area contributed by atoms with Crippen LogP contribution in [-0.2, 0) is 9.59 Å². The first-order chi connectivity index (χ1) is 15.7. The minimum atomic E-state index is -0.643. The van der Waals surface area contributed by atoms with Crippen LogP contribution in [0.2, 0.25) is 10.0 Å². The van der Waals surface area contributed by atoms with Gasteiger partial charge in [-0.15, -0.1) is 0 Å². The number of benzodiazepines with no additional fused rings is 1. The first-order valence-corrected chi connectivity index (χ1v) is 12.2. The van der Waals surface area contributed by atoms with Gasteiger partial charge in [0.15, 0.2) is 0 Å². The Hall–Kier alpha value is -2.37. The predicted octanol–water partition coefficient (Wildman–Crippen LogP) is 5.75. The molecule has 1 heterocycles. The van der Waals surface area contributed by atoms with Gasteiger partial charge >= 0.3 is 0 Å². The monoisotopic (exact) mass is 487 g/mol. The summed E-state index contributed by atoms with van der Waals surface area (Å²) >= 11 is 12.9. The van der Waals surface area contributed by atoms with Crippen LogP contribution in [-0.4, -0.2) is 36.7 Å². The molecule has 0 saturated heterocycles. The lowest BCUT2D eigenvalue weighted by molar-refractivity contribution is -0.125. The van der Waals surface area contributed by atoms with Crippen LogP contribution in [0.1, 0.15) is 51.7 Å². The third-order valence-electron chi connectivity index (χ3n) is 5.95. The molecule has 0 radical (unpaired) electrons.